The number of hydrogen-bond acceptors (Lipinski definition) is 7. The fraction of sp³-hybridized carbons (Fsp3) is 0.114. The van der Waals surface area contributed by atoms with Crippen LogP contribution in [0, 0.1) is 6.92 Å². The second-order valence-electron chi connectivity index (χ2n) is 10.1. The molecule has 0 aliphatic heterocycles. The summed E-state index contributed by atoms with van der Waals surface area (Å²) in [5.41, 5.74) is 7.71. The first-order chi connectivity index (χ1) is 21.0. The highest BCUT2D eigenvalue weighted by Crippen LogP contribution is 2.31. The van der Waals surface area contributed by atoms with Gasteiger partial charge in [0.05, 0.1) is 33.7 Å². The van der Waals surface area contributed by atoms with Crippen LogP contribution in [0.1, 0.15) is 29.3 Å². The van der Waals surface area contributed by atoms with E-state index in [9.17, 15) is 9.59 Å². The van der Waals surface area contributed by atoms with Crippen molar-refractivity contribution < 1.29 is 14.3 Å². The highest BCUT2D eigenvalue weighted by atomic mass is 32.1. The summed E-state index contributed by atoms with van der Waals surface area (Å²) >= 11 is 1.32. The number of carbonyl (C=O) groups excluding carboxylic acids is 2. The summed E-state index contributed by atoms with van der Waals surface area (Å²) in [6.45, 7) is 3.82. The normalized spacial score (nSPS) is 11.7. The third kappa shape index (κ3) is 6.19. The van der Waals surface area contributed by atoms with Gasteiger partial charge in [-0.15, -0.1) is 11.3 Å². The molecule has 2 aromatic heterocycles. The van der Waals surface area contributed by atoms with Crippen LogP contribution in [-0.2, 0) is 9.53 Å². The van der Waals surface area contributed by atoms with Gasteiger partial charge in [-0.25, -0.2) is 19.7 Å². The zero-order chi connectivity index (χ0) is 29.8. The molecule has 43 heavy (non-hydrogen) atoms. The number of thiazole rings is 1. The fourth-order valence-corrected chi connectivity index (χ4v) is 5.39. The smallest absolute Gasteiger partial charge is 0.338 e. The number of benzene rings is 4. The van der Waals surface area contributed by atoms with E-state index in [4.69, 9.17) is 14.7 Å². The first-order valence-electron chi connectivity index (χ1n) is 14.0. The molecular weight excluding hydrogens is 556 g/mol. The van der Waals surface area contributed by atoms with E-state index in [0.717, 1.165) is 33.6 Å². The van der Waals surface area contributed by atoms with Crippen molar-refractivity contribution in [2.75, 3.05) is 5.32 Å². The molecule has 0 saturated heterocycles. The standard InChI is InChI=1S/C35H28N4O3S/c1-3-30(33(40)39-35-38-29(21-43-35)23-16-14-22(2)15-17-23)42-34(41)26-18-19-27-28(20-26)37-32(25-12-8-5-9-13-25)31(36-27)24-10-6-4-7-11-24/h4-21,30H,3H2,1-2H3,(H,38,39,40). The molecule has 0 aliphatic carbocycles. The molecule has 2 heterocycles. The number of ether oxygens (including phenoxy) is 1. The minimum atomic E-state index is -0.985. The molecule has 0 bridgehead atoms. The second-order valence-corrected chi connectivity index (χ2v) is 10.9. The maximum Gasteiger partial charge on any atom is 0.338 e. The van der Waals surface area contributed by atoms with Gasteiger partial charge in [-0.1, -0.05) is 97.4 Å². The number of aryl methyl sites for hydroxylation is 1. The number of nitrogens with zero attached hydrogens (tertiary/aromatic N) is 3. The Balaban J connectivity index is 1.22. The molecule has 212 valence electrons. The average molecular weight is 585 g/mol. The third-order valence-electron chi connectivity index (χ3n) is 6.99. The number of esters is 1. The lowest BCUT2D eigenvalue weighted by atomic mass is 10.0. The molecule has 6 rings (SSSR count). The summed E-state index contributed by atoms with van der Waals surface area (Å²) < 4.78 is 5.66. The van der Waals surface area contributed by atoms with Crippen LogP contribution >= 0.6 is 11.3 Å². The first-order valence-corrected chi connectivity index (χ1v) is 14.8. The van der Waals surface area contributed by atoms with Gasteiger partial charge in [0, 0.05) is 22.1 Å². The van der Waals surface area contributed by atoms with Gasteiger partial charge >= 0.3 is 5.97 Å². The summed E-state index contributed by atoms with van der Waals surface area (Å²) in [4.78, 5) is 40.6. The zero-order valence-corrected chi connectivity index (χ0v) is 24.5. The number of nitrogens with one attached hydrogen (secondary N) is 1. The van der Waals surface area contributed by atoms with E-state index < -0.39 is 18.0 Å². The molecule has 1 unspecified atom stereocenters. The van der Waals surface area contributed by atoms with Crippen LogP contribution in [0.3, 0.4) is 0 Å². The third-order valence-corrected chi connectivity index (χ3v) is 7.75. The Morgan fingerprint density at radius 2 is 1.40 bits per heavy atom. The topological polar surface area (TPSA) is 94.1 Å². The second kappa shape index (κ2) is 12.3. The molecule has 0 saturated carbocycles. The van der Waals surface area contributed by atoms with Crippen LogP contribution < -0.4 is 5.32 Å². The molecule has 1 amide bonds. The van der Waals surface area contributed by atoms with Gasteiger partial charge in [-0.2, -0.15) is 0 Å². The van der Waals surface area contributed by atoms with Crippen molar-refractivity contribution in [2.45, 2.75) is 26.4 Å². The van der Waals surface area contributed by atoms with E-state index in [1.807, 2.05) is 97.2 Å². The van der Waals surface area contributed by atoms with Crippen molar-refractivity contribution in [1.29, 1.82) is 0 Å². The van der Waals surface area contributed by atoms with Crippen molar-refractivity contribution in [2.24, 2.45) is 0 Å². The molecule has 0 radical (unpaired) electrons. The lowest BCUT2D eigenvalue weighted by molar-refractivity contribution is -0.124. The predicted octanol–water partition coefficient (Wildman–Crippen LogP) is 7.97. The highest BCUT2D eigenvalue weighted by molar-refractivity contribution is 7.14. The summed E-state index contributed by atoms with van der Waals surface area (Å²) in [5, 5.41) is 5.13. The van der Waals surface area contributed by atoms with Crippen LogP contribution in [0.4, 0.5) is 5.13 Å². The summed E-state index contributed by atoms with van der Waals surface area (Å²) in [6.07, 6.45) is -0.680. The molecule has 7 nitrogen and oxygen atoms in total. The van der Waals surface area contributed by atoms with Gasteiger partial charge in [0.25, 0.3) is 5.91 Å². The van der Waals surface area contributed by atoms with E-state index in [1.165, 1.54) is 11.3 Å². The van der Waals surface area contributed by atoms with Crippen LogP contribution in [0.5, 0.6) is 0 Å². The number of amides is 1. The lowest BCUT2D eigenvalue weighted by Crippen LogP contribution is -2.32. The predicted molar refractivity (Wildman–Crippen MR) is 171 cm³/mol. The molecular formula is C35H28N4O3S. The number of anilines is 1. The Hall–Kier alpha value is -5.21. The molecule has 6 aromatic rings. The van der Waals surface area contributed by atoms with E-state index in [2.05, 4.69) is 10.3 Å². The molecule has 0 spiro atoms. The van der Waals surface area contributed by atoms with Crippen molar-refractivity contribution in [3.63, 3.8) is 0 Å². The van der Waals surface area contributed by atoms with Gasteiger partial charge in [-0.05, 0) is 31.5 Å². The average Bonchev–Trinajstić information content (AvgIpc) is 3.52. The van der Waals surface area contributed by atoms with Gasteiger partial charge in [0.2, 0.25) is 0 Å². The summed E-state index contributed by atoms with van der Waals surface area (Å²) in [5.74, 6) is -1.04. The minimum Gasteiger partial charge on any atom is -0.449 e. The number of fused-ring (bicyclic) bond motifs is 1. The van der Waals surface area contributed by atoms with Gasteiger partial charge < -0.3 is 4.74 Å². The first kappa shape index (κ1) is 27.9. The largest absolute Gasteiger partial charge is 0.449 e. The van der Waals surface area contributed by atoms with Crippen molar-refractivity contribution >= 4 is 39.4 Å². The van der Waals surface area contributed by atoms with Crippen LogP contribution in [-0.4, -0.2) is 32.9 Å². The number of rotatable bonds is 8. The van der Waals surface area contributed by atoms with Crippen LogP contribution in [0.15, 0.2) is 109 Å². The quantitative estimate of drug-likeness (QED) is 0.182. The minimum absolute atomic E-state index is 0.287. The monoisotopic (exact) mass is 584 g/mol. The molecule has 8 heteroatoms. The Bertz CT molecular complexity index is 1910. The molecule has 0 aliphatic rings. The maximum absolute atomic E-state index is 13.2. The number of aromatic nitrogens is 3. The molecule has 4 aromatic carbocycles. The SMILES string of the molecule is CCC(OC(=O)c1ccc2nc(-c3ccccc3)c(-c3ccccc3)nc2c1)C(=O)Nc1nc(-c2ccc(C)cc2)cs1. The maximum atomic E-state index is 13.2. The molecule has 1 N–H and O–H groups in total. The molecule has 0 fully saturated rings. The van der Waals surface area contributed by atoms with E-state index in [-0.39, 0.29) is 5.56 Å². The highest BCUT2D eigenvalue weighted by Gasteiger charge is 2.24. The Labute approximate surface area is 253 Å². The van der Waals surface area contributed by atoms with Crippen molar-refractivity contribution in [3.8, 4) is 33.8 Å². The van der Waals surface area contributed by atoms with E-state index in [1.54, 1.807) is 25.1 Å². The Morgan fingerprint density at radius 3 is 2.02 bits per heavy atom. The van der Waals surface area contributed by atoms with Gasteiger partial charge in [0.15, 0.2) is 11.2 Å². The van der Waals surface area contributed by atoms with E-state index >= 15 is 0 Å². The number of hydrogen-bond donors (Lipinski definition) is 1. The van der Waals surface area contributed by atoms with Gasteiger partial charge in [-0.3, -0.25) is 10.1 Å². The van der Waals surface area contributed by atoms with Crippen LogP contribution in [0.25, 0.3) is 44.8 Å². The van der Waals surface area contributed by atoms with Crippen molar-refractivity contribution in [1.82, 2.24) is 15.0 Å². The van der Waals surface area contributed by atoms with Crippen molar-refractivity contribution in [3.05, 3.63) is 120 Å². The van der Waals surface area contributed by atoms with Crippen LogP contribution in [0.2, 0.25) is 0 Å². The Morgan fingerprint density at radius 1 is 0.767 bits per heavy atom. The lowest BCUT2D eigenvalue weighted by Gasteiger charge is -2.15. The Kier molecular flexibility index (Phi) is 8.02. The van der Waals surface area contributed by atoms with Gasteiger partial charge in [0.1, 0.15) is 0 Å². The fourth-order valence-electron chi connectivity index (χ4n) is 4.67. The number of carbonyl (C=O) groups is 2. The summed E-state index contributed by atoms with van der Waals surface area (Å²) in [6, 6.07) is 32.8. The van der Waals surface area contributed by atoms with E-state index in [0.29, 0.717) is 28.3 Å². The molecule has 1 atom stereocenters. The zero-order valence-electron chi connectivity index (χ0n) is 23.7. The summed E-state index contributed by atoms with van der Waals surface area (Å²) in [7, 11) is 0.